The number of primary amides is 1. The Hall–Kier alpha value is -2.89. The number of nitrogens with zero attached hydrogens (tertiary/aromatic N) is 1. The van der Waals surface area contributed by atoms with E-state index in [4.69, 9.17) is 5.73 Å². The van der Waals surface area contributed by atoms with E-state index in [1.54, 1.807) is 22.7 Å². The number of rotatable bonds is 4. The fourth-order valence-corrected chi connectivity index (χ4v) is 5.06. The standard InChI is InChI=1S/C22H16N2OS2/c23-22(25)17-3-1-4-18-21(17)16-7-6-15(20-5-2-9-27-20)11-19(16)24(18)12-14-8-10-26-13-14/h1-11,13H,12H2,(H2,23,25). The van der Waals surface area contributed by atoms with Crippen molar-refractivity contribution in [2.75, 3.05) is 0 Å². The molecule has 0 fully saturated rings. The highest BCUT2D eigenvalue weighted by atomic mass is 32.1. The van der Waals surface area contributed by atoms with Crippen LogP contribution >= 0.6 is 22.7 Å². The molecule has 0 saturated heterocycles. The minimum Gasteiger partial charge on any atom is -0.366 e. The van der Waals surface area contributed by atoms with Crippen LogP contribution in [0.5, 0.6) is 0 Å². The Morgan fingerprint density at radius 2 is 1.93 bits per heavy atom. The quantitative estimate of drug-likeness (QED) is 0.420. The molecule has 0 radical (unpaired) electrons. The van der Waals surface area contributed by atoms with Gasteiger partial charge in [0.25, 0.3) is 0 Å². The first-order valence-electron chi connectivity index (χ1n) is 8.62. The number of amides is 1. The maximum absolute atomic E-state index is 12.1. The molecule has 5 aromatic rings. The van der Waals surface area contributed by atoms with Crippen LogP contribution in [0, 0.1) is 0 Å². The van der Waals surface area contributed by atoms with Crippen molar-refractivity contribution >= 4 is 50.4 Å². The van der Waals surface area contributed by atoms with Crippen molar-refractivity contribution in [3.63, 3.8) is 0 Å². The topological polar surface area (TPSA) is 48.0 Å². The van der Waals surface area contributed by atoms with Gasteiger partial charge in [0.2, 0.25) is 5.91 Å². The number of aromatic nitrogens is 1. The molecule has 5 rings (SSSR count). The van der Waals surface area contributed by atoms with Crippen LogP contribution in [0.1, 0.15) is 15.9 Å². The Kier molecular flexibility index (Phi) is 3.85. The van der Waals surface area contributed by atoms with Crippen LogP contribution in [0.25, 0.3) is 32.2 Å². The number of carbonyl (C=O) groups excluding carboxylic acids is 1. The lowest BCUT2D eigenvalue weighted by Crippen LogP contribution is -2.11. The molecule has 0 spiro atoms. The Balaban J connectivity index is 1.85. The van der Waals surface area contributed by atoms with Crippen molar-refractivity contribution < 1.29 is 4.79 Å². The molecule has 0 atom stereocenters. The lowest BCUT2D eigenvalue weighted by molar-refractivity contribution is 0.100. The molecular formula is C22H16N2OS2. The Morgan fingerprint density at radius 3 is 2.67 bits per heavy atom. The van der Waals surface area contributed by atoms with Gasteiger partial charge in [-0.15, -0.1) is 11.3 Å². The maximum Gasteiger partial charge on any atom is 0.249 e. The highest BCUT2D eigenvalue weighted by molar-refractivity contribution is 7.13. The molecule has 27 heavy (non-hydrogen) atoms. The highest BCUT2D eigenvalue weighted by Crippen LogP contribution is 2.36. The largest absolute Gasteiger partial charge is 0.366 e. The summed E-state index contributed by atoms with van der Waals surface area (Å²) in [5, 5.41) is 8.35. The molecule has 0 saturated carbocycles. The van der Waals surface area contributed by atoms with Gasteiger partial charge in [-0.2, -0.15) is 11.3 Å². The van der Waals surface area contributed by atoms with Crippen LogP contribution in [0.15, 0.2) is 70.7 Å². The van der Waals surface area contributed by atoms with Gasteiger partial charge in [0.1, 0.15) is 0 Å². The summed E-state index contributed by atoms with van der Waals surface area (Å²) >= 11 is 3.42. The first kappa shape index (κ1) is 16.3. The van der Waals surface area contributed by atoms with E-state index >= 15 is 0 Å². The Labute approximate surface area is 164 Å². The predicted octanol–water partition coefficient (Wildman–Crippen LogP) is 5.73. The van der Waals surface area contributed by atoms with Gasteiger partial charge >= 0.3 is 0 Å². The molecule has 5 heteroatoms. The SMILES string of the molecule is NC(=O)c1cccc2c1c1ccc(-c3cccs3)cc1n2Cc1ccsc1. The van der Waals surface area contributed by atoms with Gasteiger partial charge in [0, 0.05) is 27.8 Å². The normalized spacial score (nSPS) is 11.4. The van der Waals surface area contributed by atoms with Gasteiger partial charge in [-0.3, -0.25) is 4.79 Å². The third-order valence-corrected chi connectivity index (χ3v) is 6.53. The summed E-state index contributed by atoms with van der Waals surface area (Å²) in [6.45, 7) is 0.764. The average Bonchev–Trinajstić information content (AvgIpc) is 3.43. The lowest BCUT2D eigenvalue weighted by atomic mass is 10.0. The average molecular weight is 389 g/mol. The smallest absolute Gasteiger partial charge is 0.249 e. The monoisotopic (exact) mass is 388 g/mol. The van der Waals surface area contributed by atoms with Crippen LogP contribution in [-0.2, 0) is 6.54 Å². The number of fused-ring (bicyclic) bond motifs is 3. The summed E-state index contributed by atoms with van der Waals surface area (Å²) in [5.41, 5.74) is 10.9. The molecule has 3 heterocycles. The van der Waals surface area contributed by atoms with Crippen molar-refractivity contribution in [1.82, 2.24) is 4.57 Å². The van der Waals surface area contributed by atoms with E-state index in [0.717, 1.165) is 28.4 Å². The lowest BCUT2D eigenvalue weighted by Gasteiger charge is -2.07. The molecule has 0 aliphatic heterocycles. The summed E-state index contributed by atoms with van der Waals surface area (Å²) < 4.78 is 2.29. The number of nitrogens with two attached hydrogens (primary N) is 1. The molecule has 3 aromatic heterocycles. The molecule has 2 aromatic carbocycles. The second-order valence-corrected chi connectivity index (χ2v) is 8.22. The number of thiophene rings is 2. The van der Waals surface area contributed by atoms with E-state index in [1.807, 2.05) is 12.1 Å². The van der Waals surface area contributed by atoms with Gasteiger partial charge in [-0.05, 0) is 57.6 Å². The van der Waals surface area contributed by atoms with E-state index < -0.39 is 5.91 Å². The van der Waals surface area contributed by atoms with Crippen molar-refractivity contribution in [3.8, 4) is 10.4 Å². The highest BCUT2D eigenvalue weighted by Gasteiger charge is 2.17. The molecule has 0 bridgehead atoms. The third-order valence-electron chi connectivity index (χ3n) is 4.88. The molecule has 3 nitrogen and oxygen atoms in total. The zero-order chi connectivity index (χ0) is 18.4. The van der Waals surface area contributed by atoms with Crippen molar-refractivity contribution in [2.24, 2.45) is 5.73 Å². The fourth-order valence-electron chi connectivity index (χ4n) is 3.68. The summed E-state index contributed by atoms with van der Waals surface area (Å²) in [5.74, 6) is -0.391. The fraction of sp³-hybridized carbons (Fsp3) is 0.0455. The van der Waals surface area contributed by atoms with Crippen LogP contribution in [0.4, 0.5) is 0 Å². The summed E-state index contributed by atoms with van der Waals surface area (Å²) in [4.78, 5) is 13.3. The van der Waals surface area contributed by atoms with Gasteiger partial charge in [-0.25, -0.2) is 0 Å². The van der Waals surface area contributed by atoms with Crippen LogP contribution in [-0.4, -0.2) is 10.5 Å². The zero-order valence-corrected chi connectivity index (χ0v) is 16.0. The van der Waals surface area contributed by atoms with E-state index in [1.165, 1.54) is 16.0 Å². The second-order valence-electron chi connectivity index (χ2n) is 6.49. The van der Waals surface area contributed by atoms with Gasteiger partial charge in [0.15, 0.2) is 0 Å². The Bertz CT molecular complexity index is 1270. The third kappa shape index (κ3) is 2.67. The molecule has 132 valence electrons. The van der Waals surface area contributed by atoms with Crippen molar-refractivity contribution in [3.05, 3.63) is 81.9 Å². The minimum absolute atomic E-state index is 0.391. The number of hydrogen-bond donors (Lipinski definition) is 1. The second kappa shape index (κ2) is 6.37. The van der Waals surface area contributed by atoms with Crippen LogP contribution < -0.4 is 5.73 Å². The maximum atomic E-state index is 12.1. The van der Waals surface area contributed by atoms with Crippen LogP contribution in [0.3, 0.4) is 0 Å². The molecular weight excluding hydrogens is 372 g/mol. The summed E-state index contributed by atoms with van der Waals surface area (Å²) in [6.07, 6.45) is 0. The van der Waals surface area contributed by atoms with Crippen molar-refractivity contribution in [2.45, 2.75) is 6.54 Å². The number of hydrogen-bond acceptors (Lipinski definition) is 3. The van der Waals surface area contributed by atoms with Crippen molar-refractivity contribution in [1.29, 1.82) is 0 Å². The molecule has 1 amide bonds. The molecule has 0 unspecified atom stereocenters. The number of benzene rings is 2. The summed E-state index contributed by atoms with van der Waals surface area (Å²) in [7, 11) is 0. The first-order valence-corrected chi connectivity index (χ1v) is 10.4. The number of carbonyl (C=O) groups is 1. The van der Waals surface area contributed by atoms with Crippen LogP contribution in [0.2, 0.25) is 0 Å². The zero-order valence-electron chi connectivity index (χ0n) is 14.4. The summed E-state index contributed by atoms with van der Waals surface area (Å²) in [6, 6.07) is 18.6. The predicted molar refractivity (Wildman–Crippen MR) is 115 cm³/mol. The Morgan fingerprint density at radius 1 is 1.00 bits per heavy atom. The molecule has 0 aliphatic carbocycles. The van der Waals surface area contributed by atoms with Gasteiger partial charge in [-0.1, -0.05) is 24.3 Å². The van der Waals surface area contributed by atoms with E-state index in [9.17, 15) is 4.79 Å². The minimum atomic E-state index is -0.391. The van der Waals surface area contributed by atoms with E-state index in [0.29, 0.717) is 5.56 Å². The van der Waals surface area contributed by atoms with E-state index in [-0.39, 0.29) is 0 Å². The van der Waals surface area contributed by atoms with Gasteiger partial charge in [0.05, 0.1) is 11.0 Å². The molecule has 0 aliphatic rings. The first-order chi connectivity index (χ1) is 13.2. The van der Waals surface area contributed by atoms with Gasteiger partial charge < -0.3 is 10.3 Å². The molecule has 2 N–H and O–H groups in total. The van der Waals surface area contributed by atoms with E-state index in [2.05, 4.69) is 63.2 Å².